The summed E-state index contributed by atoms with van der Waals surface area (Å²) in [7, 11) is 0. The molecule has 2 saturated heterocycles. The summed E-state index contributed by atoms with van der Waals surface area (Å²) in [5.74, 6) is 1.82. The third kappa shape index (κ3) is 4.42. The number of rotatable bonds is 3. The molecule has 24 heavy (non-hydrogen) atoms. The lowest BCUT2D eigenvalue weighted by Gasteiger charge is -2.24. The van der Waals surface area contributed by atoms with E-state index < -0.39 is 0 Å². The van der Waals surface area contributed by atoms with Crippen LogP contribution in [-0.2, 0) is 16.1 Å². The van der Waals surface area contributed by atoms with Crippen molar-refractivity contribution in [2.75, 3.05) is 37.8 Å². The number of carbonyl (C=O) groups excluding carboxylic acids is 2. The van der Waals surface area contributed by atoms with E-state index in [-0.39, 0.29) is 24.6 Å². The van der Waals surface area contributed by atoms with Gasteiger partial charge in [0.15, 0.2) is 0 Å². The van der Waals surface area contributed by atoms with Gasteiger partial charge in [0.05, 0.1) is 6.04 Å². The monoisotopic (exact) mass is 349 g/mol. The first kappa shape index (κ1) is 17.1. The first-order valence-corrected chi connectivity index (χ1v) is 9.45. The molecular formula is C17H23N3O3S. The number of nitrogens with zero attached hydrogens (tertiary/aromatic N) is 2. The molecule has 3 rings (SSSR count). The maximum absolute atomic E-state index is 12.5. The van der Waals surface area contributed by atoms with Crippen LogP contribution in [0.4, 0.5) is 4.79 Å². The standard InChI is InChI=1S/C17H23N3O3S/c21-16(15-12-24-13-18-15)19-7-4-8-20(10-9-19)17(22)23-11-14-5-2-1-3-6-14/h1-3,5-6,15,18H,4,7-13H2. The predicted octanol–water partition coefficient (Wildman–Crippen LogP) is 1.52. The van der Waals surface area contributed by atoms with Gasteiger partial charge in [-0.2, -0.15) is 0 Å². The fourth-order valence-electron chi connectivity index (χ4n) is 2.91. The molecule has 1 unspecified atom stereocenters. The van der Waals surface area contributed by atoms with E-state index in [1.54, 1.807) is 16.7 Å². The lowest BCUT2D eigenvalue weighted by molar-refractivity contribution is -0.132. The Hall–Kier alpha value is -1.73. The molecule has 7 heteroatoms. The van der Waals surface area contributed by atoms with Crippen molar-refractivity contribution in [2.24, 2.45) is 0 Å². The van der Waals surface area contributed by atoms with Crippen molar-refractivity contribution >= 4 is 23.8 Å². The average Bonchev–Trinajstić information content (AvgIpc) is 3.04. The second kappa shape index (κ2) is 8.39. The van der Waals surface area contributed by atoms with Gasteiger partial charge in [0.1, 0.15) is 6.61 Å². The molecule has 2 aliphatic heterocycles. The van der Waals surface area contributed by atoms with E-state index in [4.69, 9.17) is 4.74 Å². The van der Waals surface area contributed by atoms with Gasteiger partial charge in [0, 0.05) is 37.8 Å². The maximum atomic E-state index is 12.5. The number of amides is 2. The van der Waals surface area contributed by atoms with E-state index in [1.807, 2.05) is 35.2 Å². The fourth-order valence-corrected chi connectivity index (χ4v) is 3.84. The van der Waals surface area contributed by atoms with Crippen LogP contribution in [0.15, 0.2) is 30.3 Å². The number of ether oxygens (including phenoxy) is 1. The van der Waals surface area contributed by atoms with Gasteiger partial charge >= 0.3 is 6.09 Å². The van der Waals surface area contributed by atoms with Crippen LogP contribution in [-0.4, -0.2) is 65.7 Å². The van der Waals surface area contributed by atoms with E-state index in [1.165, 1.54) is 0 Å². The molecule has 2 amide bonds. The minimum absolute atomic E-state index is 0.0772. The van der Waals surface area contributed by atoms with E-state index in [0.29, 0.717) is 26.2 Å². The number of benzene rings is 1. The van der Waals surface area contributed by atoms with Gasteiger partial charge in [0.2, 0.25) is 5.91 Å². The molecule has 6 nitrogen and oxygen atoms in total. The SMILES string of the molecule is O=C(OCc1ccccc1)N1CCCN(C(=O)C2CSCN2)CC1. The molecule has 130 valence electrons. The van der Waals surface area contributed by atoms with Gasteiger partial charge in [-0.3, -0.25) is 10.1 Å². The molecule has 0 aliphatic carbocycles. The van der Waals surface area contributed by atoms with Crippen LogP contribution in [0.25, 0.3) is 0 Å². The van der Waals surface area contributed by atoms with E-state index >= 15 is 0 Å². The molecule has 1 atom stereocenters. The Bertz CT molecular complexity index is 563. The summed E-state index contributed by atoms with van der Waals surface area (Å²) >= 11 is 1.75. The quantitative estimate of drug-likeness (QED) is 0.896. The van der Waals surface area contributed by atoms with E-state index in [9.17, 15) is 9.59 Å². The summed E-state index contributed by atoms with van der Waals surface area (Å²) in [6.45, 7) is 2.71. The summed E-state index contributed by atoms with van der Waals surface area (Å²) in [6.07, 6.45) is 0.481. The Morgan fingerprint density at radius 1 is 1.12 bits per heavy atom. The van der Waals surface area contributed by atoms with Crippen molar-refractivity contribution in [3.8, 4) is 0 Å². The summed E-state index contributed by atoms with van der Waals surface area (Å²) in [5, 5.41) is 3.21. The third-order valence-electron chi connectivity index (χ3n) is 4.29. The highest BCUT2D eigenvalue weighted by atomic mass is 32.2. The Morgan fingerprint density at radius 2 is 1.88 bits per heavy atom. The van der Waals surface area contributed by atoms with Gasteiger partial charge in [-0.1, -0.05) is 30.3 Å². The molecule has 2 heterocycles. The highest BCUT2D eigenvalue weighted by Crippen LogP contribution is 2.14. The van der Waals surface area contributed by atoms with Crippen molar-refractivity contribution in [2.45, 2.75) is 19.1 Å². The Kier molecular flexibility index (Phi) is 5.98. The van der Waals surface area contributed by atoms with Gasteiger partial charge in [0.25, 0.3) is 0 Å². The lowest BCUT2D eigenvalue weighted by Crippen LogP contribution is -2.46. The predicted molar refractivity (Wildman–Crippen MR) is 93.6 cm³/mol. The average molecular weight is 349 g/mol. The second-order valence-corrected chi connectivity index (χ2v) is 7.01. The van der Waals surface area contributed by atoms with Crippen LogP contribution in [0.2, 0.25) is 0 Å². The summed E-state index contributed by atoms with van der Waals surface area (Å²) in [5.41, 5.74) is 0.974. The van der Waals surface area contributed by atoms with Crippen molar-refractivity contribution in [3.63, 3.8) is 0 Å². The zero-order valence-corrected chi connectivity index (χ0v) is 14.5. The van der Waals surface area contributed by atoms with Gasteiger partial charge in [-0.25, -0.2) is 4.79 Å². The summed E-state index contributed by atoms with van der Waals surface area (Å²) in [4.78, 5) is 28.3. The van der Waals surface area contributed by atoms with Crippen molar-refractivity contribution in [1.82, 2.24) is 15.1 Å². The highest BCUT2D eigenvalue weighted by molar-refractivity contribution is 7.99. The first-order chi connectivity index (χ1) is 11.7. The highest BCUT2D eigenvalue weighted by Gasteiger charge is 2.29. The normalized spacial score (nSPS) is 21.4. The number of hydrogen-bond donors (Lipinski definition) is 1. The molecule has 0 aromatic heterocycles. The number of carbonyl (C=O) groups is 2. The number of hydrogen-bond acceptors (Lipinski definition) is 5. The molecule has 2 fully saturated rings. The van der Waals surface area contributed by atoms with Crippen LogP contribution >= 0.6 is 11.8 Å². The van der Waals surface area contributed by atoms with E-state index in [2.05, 4.69) is 5.32 Å². The van der Waals surface area contributed by atoms with E-state index in [0.717, 1.165) is 23.6 Å². The number of nitrogens with one attached hydrogen (secondary N) is 1. The Morgan fingerprint density at radius 3 is 2.62 bits per heavy atom. The van der Waals surface area contributed by atoms with Crippen molar-refractivity contribution in [1.29, 1.82) is 0 Å². The Balaban J connectivity index is 1.47. The fraction of sp³-hybridized carbons (Fsp3) is 0.529. The summed E-state index contributed by atoms with van der Waals surface area (Å²) < 4.78 is 5.39. The van der Waals surface area contributed by atoms with Gasteiger partial charge in [-0.15, -0.1) is 11.8 Å². The molecule has 2 aliphatic rings. The van der Waals surface area contributed by atoms with Crippen LogP contribution < -0.4 is 5.32 Å². The maximum Gasteiger partial charge on any atom is 0.410 e. The topological polar surface area (TPSA) is 61.9 Å². The largest absolute Gasteiger partial charge is 0.445 e. The first-order valence-electron chi connectivity index (χ1n) is 8.29. The lowest BCUT2D eigenvalue weighted by atomic mass is 10.2. The summed E-state index contributed by atoms with van der Waals surface area (Å²) in [6, 6.07) is 9.57. The van der Waals surface area contributed by atoms with Crippen LogP contribution in [0, 0.1) is 0 Å². The van der Waals surface area contributed by atoms with Crippen molar-refractivity contribution < 1.29 is 14.3 Å². The Labute approximate surface area is 146 Å². The number of thioether (sulfide) groups is 1. The van der Waals surface area contributed by atoms with Crippen LogP contribution in [0.3, 0.4) is 0 Å². The molecular weight excluding hydrogens is 326 g/mol. The van der Waals surface area contributed by atoms with Gasteiger partial charge < -0.3 is 14.5 Å². The molecule has 1 N–H and O–H groups in total. The van der Waals surface area contributed by atoms with Crippen LogP contribution in [0.5, 0.6) is 0 Å². The van der Waals surface area contributed by atoms with Crippen molar-refractivity contribution in [3.05, 3.63) is 35.9 Å². The smallest absolute Gasteiger partial charge is 0.410 e. The van der Waals surface area contributed by atoms with Gasteiger partial charge in [-0.05, 0) is 12.0 Å². The molecule has 0 saturated carbocycles. The zero-order valence-electron chi connectivity index (χ0n) is 13.6. The molecule has 0 spiro atoms. The minimum Gasteiger partial charge on any atom is -0.445 e. The zero-order chi connectivity index (χ0) is 16.8. The molecule has 1 aromatic carbocycles. The molecule has 0 bridgehead atoms. The third-order valence-corrected chi connectivity index (χ3v) is 5.23. The van der Waals surface area contributed by atoms with Crippen LogP contribution in [0.1, 0.15) is 12.0 Å². The second-order valence-electron chi connectivity index (χ2n) is 5.98. The molecule has 0 radical (unpaired) electrons. The molecule has 1 aromatic rings. The minimum atomic E-state index is -0.303.